The number of anilines is 1. The van der Waals surface area contributed by atoms with Crippen LogP contribution in [0.5, 0.6) is 0 Å². The van der Waals surface area contributed by atoms with Crippen molar-refractivity contribution in [3.05, 3.63) is 30.4 Å². The molecule has 198 valence electrons. The summed E-state index contributed by atoms with van der Waals surface area (Å²) in [6.07, 6.45) is 0.566. The number of carbonyl (C=O) groups is 2. The molecule has 0 aromatic carbocycles. The number of hydrogen-bond acceptors (Lipinski definition) is 7. The minimum Gasteiger partial charge on any atom is -0.475 e. The number of ether oxygens (including phenoxy) is 1. The van der Waals surface area contributed by atoms with Gasteiger partial charge in [-0.05, 0) is 19.9 Å². The maximum Gasteiger partial charge on any atom is 0.490 e. The molecule has 2 saturated heterocycles. The molecule has 1 amide bonds. The zero-order valence-electron chi connectivity index (χ0n) is 20.5. The van der Waals surface area contributed by atoms with Gasteiger partial charge in [0, 0.05) is 82.1 Å². The van der Waals surface area contributed by atoms with Crippen molar-refractivity contribution in [1.82, 2.24) is 24.3 Å². The van der Waals surface area contributed by atoms with Crippen LogP contribution in [-0.2, 0) is 16.6 Å². The van der Waals surface area contributed by atoms with Gasteiger partial charge in [-0.15, -0.1) is 0 Å². The van der Waals surface area contributed by atoms with Crippen LogP contribution in [0.4, 0.5) is 19.1 Å². The van der Waals surface area contributed by atoms with Gasteiger partial charge in [0.2, 0.25) is 5.95 Å². The minimum absolute atomic E-state index is 0.0908. The van der Waals surface area contributed by atoms with Gasteiger partial charge in [-0.3, -0.25) is 9.69 Å². The molecule has 4 rings (SSSR count). The molecule has 0 unspecified atom stereocenters. The van der Waals surface area contributed by atoms with Crippen LogP contribution in [0.2, 0.25) is 0 Å². The molecule has 0 saturated carbocycles. The molecule has 2 fully saturated rings. The first-order valence-corrected chi connectivity index (χ1v) is 11.6. The number of carbonyl (C=O) groups excluding carboxylic acids is 1. The number of aliphatic carboxylic acids is 1. The first-order valence-electron chi connectivity index (χ1n) is 11.6. The van der Waals surface area contributed by atoms with E-state index in [0.717, 1.165) is 56.3 Å². The second kappa shape index (κ2) is 11.7. The smallest absolute Gasteiger partial charge is 0.475 e. The molecule has 2 aromatic rings. The van der Waals surface area contributed by atoms with Crippen molar-refractivity contribution in [2.75, 3.05) is 57.4 Å². The highest BCUT2D eigenvalue weighted by Gasteiger charge is 2.38. The van der Waals surface area contributed by atoms with E-state index in [9.17, 15) is 18.0 Å². The van der Waals surface area contributed by atoms with Crippen LogP contribution >= 0.6 is 0 Å². The van der Waals surface area contributed by atoms with Crippen molar-refractivity contribution in [1.29, 1.82) is 0 Å². The van der Waals surface area contributed by atoms with Gasteiger partial charge in [-0.25, -0.2) is 14.8 Å². The molecule has 1 N–H and O–H groups in total. The summed E-state index contributed by atoms with van der Waals surface area (Å²) in [4.78, 5) is 37.5. The number of carboxylic acids is 1. The molecule has 10 nitrogen and oxygen atoms in total. The van der Waals surface area contributed by atoms with Crippen molar-refractivity contribution >= 4 is 17.8 Å². The average Bonchev–Trinajstić information content (AvgIpc) is 3.25. The predicted molar refractivity (Wildman–Crippen MR) is 126 cm³/mol. The highest BCUT2D eigenvalue weighted by Crippen LogP contribution is 2.23. The van der Waals surface area contributed by atoms with Gasteiger partial charge in [0.1, 0.15) is 5.69 Å². The SMILES string of the molecule is CC(C)N1CCN(C(=O)c2cc(-c3cnc(N4CCOCC4)nc3)cn2C)CC1.O=C(O)C(F)(F)F. The van der Waals surface area contributed by atoms with Gasteiger partial charge in [0.15, 0.2) is 0 Å². The predicted octanol–water partition coefficient (Wildman–Crippen LogP) is 2.12. The lowest BCUT2D eigenvalue weighted by atomic mass is 10.1. The number of morpholine rings is 1. The summed E-state index contributed by atoms with van der Waals surface area (Å²) in [5.74, 6) is -1.94. The quantitative estimate of drug-likeness (QED) is 0.665. The highest BCUT2D eigenvalue weighted by molar-refractivity contribution is 5.94. The summed E-state index contributed by atoms with van der Waals surface area (Å²) in [5, 5.41) is 7.12. The van der Waals surface area contributed by atoms with Crippen LogP contribution in [0.1, 0.15) is 24.3 Å². The fourth-order valence-corrected chi connectivity index (χ4v) is 3.94. The van der Waals surface area contributed by atoms with Crippen molar-refractivity contribution in [2.45, 2.75) is 26.1 Å². The van der Waals surface area contributed by atoms with E-state index in [0.29, 0.717) is 24.9 Å². The lowest BCUT2D eigenvalue weighted by Crippen LogP contribution is -2.50. The fourth-order valence-electron chi connectivity index (χ4n) is 3.94. The van der Waals surface area contributed by atoms with E-state index in [4.69, 9.17) is 14.6 Å². The Bertz CT molecular complexity index is 1030. The molecule has 2 aliphatic heterocycles. The van der Waals surface area contributed by atoms with Gasteiger partial charge in [-0.1, -0.05) is 0 Å². The minimum atomic E-state index is -5.08. The number of aryl methyl sites for hydroxylation is 1. The average molecular weight is 513 g/mol. The van der Waals surface area contributed by atoms with Gasteiger partial charge >= 0.3 is 12.1 Å². The molecule has 2 aromatic heterocycles. The third kappa shape index (κ3) is 6.94. The van der Waals surface area contributed by atoms with E-state index in [2.05, 4.69) is 33.6 Å². The Labute approximate surface area is 207 Å². The lowest BCUT2D eigenvalue weighted by Gasteiger charge is -2.36. The van der Waals surface area contributed by atoms with E-state index in [1.807, 2.05) is 41.2 Å². The van der Waals surface area contributed by atoms with Gasteiger partial charge in [-0.2, -0.15) is 13.2 Å². The number of amides is 1. The first-order chi connectivity index (χ1) is 17.0. The zero-order valence-corrected chi connectivity index (χ0v) is 20.5. The van der Waals surface area contributed by atoms with Crippen LogP contribution in [0, 0.1) is 0 Å². The number of nitrogens with zero attached hydrogens (tertiary/aromatic N) is 6. The normalized spacial score (nSPS) is 17.1. The summed E-state index contributed by atoms with van der Waals surface area (Å²) >= 11 is 0. The van der Waals surface area contributed by atoms with E-state index >= 15 is 0 Å². The molecule has 36 heavy (non-hydrogen) atoms. The molecule has 4 heterocycles. The third-order valence-electron chi connectivity index (χ3n) is 6.06. The third-order valence-corrected chi connectivity index (χ3v) is 6.06. The van der Waals surface area contributed by atoms with Crippen molar-refractivity contribution in [2.24, 2.45) is 7.05 Å². The fraction of sp³-hybridized carbons (Fsp3) is 0.565. The number of alkyl halides is 3. The Morgan fingerprint density at radius 3 is 2.06 bits per heavy atom. The van der Waals surface area contributed by atoms with E-state index < -0.39 is 12.1 Å². The molecule has 2 aliphatic rings. The van der Waals surface area contributed by atoms with E-state index in [-0.39, 0.29) is 5.91 Å². The summed E-state index contributed by atoms with van der Waals surface area (Å²) in [7, 11) is 1.92. The van der Waals surface area contributed by atoms with Crippen LogP contribution in [0.3, 0.4) is 0 Å². The van der Waals surface area contributed by atoms with Crippen molar-refractivity contribution in [3.8, 4) is 11.1 Å². The monoisotopic (exact) mass is 512 g/mol. The van der Waals surface area contributed by atoms with Crippen molar-refractivity contribution in [3.63, 3.8) is 0 Å². The number of aromatic nitrogens is 3. The van der Waals surface area contributed by atoms with Gasteiger partial charge in [0.25, 0.3) is 5.91 Å². The van der Waals surface area contributed by atoms with Crippen LogP contribution in [0.25, 0.3) is 11.1 Å². The van der Waals surface area contributed by atoms with Crippen molar-refractivity contribution < 1.29 is 32.6 Å². The summed E-state index contributed by atoms with van der Waals surface area (Å²) < 4.78 is 39.0. The Hall–Kier alpha value is -3.19. The second-order valence-electron chi connectivity index (χ2n) is 8.82. The van der Waals surface area contributed by atoms with Gasteiger partial charge in [0.05, 0.1) is 13.2 Å². The maximum atomic E-state index is 13.0. The molecular weight excluding hydrogens is 481 g/mol. The number of hydrogen-bond donors (Lipinski definition) is 1. The Morgan fingerprint density at radius 1 is 1.00 bits per heavy atom. The van der Waals surface area contributed by atoms with E-state index in [1.54, 1.807) is 0 Å². The van der Waals surface area contributed by atoms with Gasteiger partial charge < -0.3 is 24.2 Å². The maximum absolute atomic E-state index is 13.0. The summed E-state index contributed by atoms with van der Waals surface area (Å²) in [6, 6.07) is 2.47. The summed E-state index contributed by atoms with van der Waals surface area (Å²) in [6.45, 7) is 10.8. The number of halogens is 3. The lowest BCUT2D eigenvalue weighted by molar-refractivity contribution is -0.192. The topological polar surface area (TPSA) is 104 Å². The molecule has 13 heteroatoms. The Balaban J connectivity index is 0.000000454. The van der Waals surface area contributed by atoms with E-state index in [1.165, 1.54) is 0 Å². The Kier molecular flexibility index (Phi) is 8.90. The Morgan fingerprint density at radius 2 is 1.56 bits per heavy atom. The van der Waals surface area contributed by atoms with Crippen LogP contribution < -0.4 is 4.90 Å². The number of carboxylic acid groups (broad SMARTS) is 1. The molecule has 0 spiro atoms. The second-order valence-corrected chi connectivity index (χ2v) is 8.82. The molecule has 0 radical (unpaired) electrons. The number of piperazine rings is 1. The highest BCUT2D eigenvalue weighted by atomic mass is 19.4. The molecule has 0 bridgehead atoms. The first kappa shape index (κ1) is 27.4. The molecular formula is C23H31F3N6O4. The van der Waals surface area contributed by atoms with Crippen LogP contribution in [0.15, 0.2) is 24.7 Å². The molecule has 0 aliphatic carbocycles. The largest absolute Gasteiger partial charge is 0.490 e. The summed E-state index contributed by atoms with van der Waals surface area (Å²) in [5.41, 5.74) is 2.58. The molecule has 0 atom stereocenters. The van der Waals surface area contributed by atoms with Crippen LogP contribution in [-0.4, -0.2) is 106 Å². The zero-order chi connectivity index (χ0) is 26.5. The standard InChI is InChI=1S/C21H30N6O2.C2HF3O2/c1-16(2)25-4-6-26(7-5-25)20(28)19-12-17(15-24(19)3)18-13-22-21(23-14-18)27-8-10-29-11-9-27;3-2(4,5)1(6)7/h12-16H,4-11H2,1-3H3;(H,6,7). The number of rotatable bonds is 4.